The highest BCUT2D eigenvalue weighted by molar-refractivity contribution is 5.89. The molecule has 2 N–H and O–H groups in total. The molecule has 0 radical (unpaired) electrons. The normalized spacial score (nSPS) is 12.2. The molecule has 2 aromatic carbocycles. The fourth-order valence-corrected chi connectivity index (χ4v) is 4.12. The quantitative estimate of drug-likeness (QED) is 0.455. The van der Waals surface area contributed by atoms with Crippen LogP contribution in [0.4, 0.5) is 10.5 Å². The van der Waals surface area contributed by atoms with Gasteiger partial charge >= 0.3 is 6.03 Å². The second-order valence-electron chi connectivity index (χ2n) is 8.38. The molecule has 1 aliphatic rings. The maximum absolute atomic E-state index is 13.2. The van der Waals surface area contributed by atoms with Crippen molar-refractivity contribution in [1.29, 1.82) is 0 Å². The number of ether oxygens (including phenoxy) is 3. The van der Waals surface area contributed by atoms with Crippen molar-refractivity contribution in [2.75, 3.05) is 45.4 Å². The van der Waals surface area contributed by atoms with Gasteiger partial charge in [-0.1, -0.05) is 13.8 Å². The molecule has 0 saturated carbocycles. The molecule has 4 rings (SSSR count). The van der Waals surface area contributed by atoms with Crippen LogP contribution in [0.5, 0.6) is 17.2 Å². The van der Waals surface area contributed by atoms with E-state index in [9.17, 15) is 9.59 Å². The highest BCUT2D eigenvalue weighted by Crippen LogP contribution is 2.35. The Bertz CT molecular complexity index is 1220. The van der Waals surface area contributed by atoms with Gasteiger partial charge in [0.2, 0.25) is 6.79 Å². The summed E-state index contributed by atoms with van der Waals surface area (Å²) in [4.78, 5) is 33.0. The predicted octanol–water partition coefficient (Wildman–Crippen LogP) is 4.03. The van der Waals surface area contributed by atoms with Crippen molar-refractivity contribution in [3.63, 3.8) is 0 Å². The first-order valence-electron chi connectivity index (χ1n) is 11.9. The number of aromatic nitrogens is 1. The Hall–Kier alpha value is -3.72. The smallest absolute Gasteiger partial charge is 0.322 e. The van der Waals surface area contributed by atoms with Gasteiger partial charge in [-0.15, -0.1) is 0 Å². The summed E-state index contributed by atoms with van der Waals surface area (Å²) in [6, 6.07) is 12.3. The van der Waals surface area contributed by atoms with Crippen LogP contribution in [0.15, 0.2) is 47.3 Å². The second kappa shape index (κ2) is 11.1. The number of amides is 2. The van der Waals surface area contributed by atoms with Gasteiger partial charge in [0.25, 0.3) is 5.56 Å². The van der Waals surface area contributed by atoms with E-state index in [0.29, 0.717) is 40.6 Å². The van der Waals surface area contributed by atoms with Crippen LogP contribution in [0.1, 0.15) is 25.8 Å². The highest BCUT2D eigenvalue weighted by Gasteiger charge is 2.19. The number of H-pyrrole nitrogens is 1. The van der Waals surface area contributed by atoms with Crippen molar-refractivity contribution in [3.05, 3.63) is 58.4 Å². The molecular weight excluding hydrogens is 448 g/mol. The van der Waals surface area contributed by atoms with Gasteiger partial charge in [0.15, 0.2) is 11.5 Å². The predicted molar refractivity (Wildman–Crippen MR) is 136 cm³/mol. The summed E-state index contributed by atoms with van der Waals surface area (Å²) in [6.07, 6.45) is 0.794. The number of benzene rings is 2. The molecule has 3 aromatic rings. The Morgan fingerprint density at radius 3 is 2.46 bits per heavy atom. The van der Waals surface area contributed by atoms with E-state index >= 15 is 0 Å². The molecule has 1 aliphatic heterocycles. The van der Waals surface area contributed by atoms with E-state index in [-0.39, 0.29) is 24.9 Å². The number of fused-ring (bicyclic) bond motifs is 2. The number of nitrogens with zero attached hydrogens (tertiary/aromatic N) is 2. The van der Waals surface area contributed by atoms with Crippen LogP contribution >= 0.6 is 0 Å². The molecule has 9 heteroatoms. The number of aromatic amines is 1. The number of pyridine rings is 1. The molecule has 2 heterocycles. The summed E-state index contributed by atoms with van der Waals surface area (Å²) < 4.78 is 16.1. The van der Waals surface area contributed by atoms with Gasteiger partial charge in [-0.2, -0.15) is 0 Å². The summed E-state index contributed by atoms with van der Waals surface area (Å²) in [5.41, 5.74) is 1.59. The van der Waals surface area contributed by atoms with Crippen LogP contribution in [0.3, 0.4) is 0 Å². The molecule has 0 unspecified atom stereocenters. The lowest BCUT2D eigenvalue weighted by atomic mass is 10.1. The first-order valence-corrected chi connectivity index (χ1v) is 11.9. The minimum Gasteiger partial charge on any atom is -0.497 e. The van der Waals surface area contributed by atoms with Crippen LogP contribution in [-0.2, 0) is 6.54 Å². The minimum atomic E-state index is -0.264. The average molecular weight is 481 g/mol. The van der Waals surface area contributed by atoms with Crippen LogP contribution in [0, 0.1) is 0 Å². The Kier molecular flexibility index (Phi) is 7.77. The monoisotopic (exact) mass is 480 g/mol. The number of rotatable bonds is 10. The third-order valence-electron chi connectivity index (χ3n) is 6.20. The van der Waals surface area contributed by atoms with Crippen molar-refractivity contribution in [2.24, 2.45) is 0 Å². The lowest BCUT2D eigenvalue weighted by molar-refractivity contribution is 0.174. The number of urea groups is 1. The van der Waals surface area contributed by atoms with Gasteiger partial charge in [0, 0.05) is 29.2 Å². The molecule has 0 fully saturated rings. The molecule has 186 valence electrons. The van der Waals surface area contributed by atoms with E-state index < -0.39 is 0 Å². The Morgan fingerprint density at radius 2 is 1.77 bits per heavy atom. The SMILES string of the molecule is CCN(CC)CCCN(Cc1cc2cc3c(cc2[nH]c1=O)OCO3)C(=O)Nc1ccc(OC)cc1. The summed E-state index contributed by atoms with van der Waals surface area (Å²) in [7, 11) is 1.60. The first-order chi connectivity index (χ1) is 17.0. The van der Waals surface area contributed by atoms with Crippen molar-refractivity contribution >= 4 is 22.6 Å². The molecule has 0 spiro atoms. The molecule has 9 nitrogen and oxygen atoms in total. The van der Waals surface area contributed by atoms with Gasteiger partial charge in [-0.05, 0) is 62.5 Å². The number of nitrogens with one attached hydrogen (secondary N) is 2. The van der Waals surface area contributed by atoms with Crippen molar-refractivity contribution in [1.82, 2.24) is 14.8 Å². The molecule has 0 bridgehead atoms. The molecule has 1 aromatic heterocycles. The topological polar surface area (TPSA) is 96.1 Å². The number of methoxy groups -OCH3 is 1. The van der Waals surface area contributed by atoms with Crippen LogP contribution in [-0.4, -0.2) is 60.9 Å². The van der Waals surface area contributed by atoms with Gasteiger partial charge < -0.3 is 34.3 Å². The summed E-state index contributed by atoms with van der Waals surface area (Å²) in [5, 5.41) is 3.76. The number of hydrogen-bond acceptors (Lipinski definition) is 6. The number of carbonyl (C=O) groups excluding carboxylic acids is 1. The summed E-state index contributed by atoms with van der Waals surface area (Å²) in [6.45, 7) is 7.88. The molecule has 2 amide bonds. The maximum atomic E-state index is 13.2. The first kappa shape index (κ1) is 24.4. The number of hydrogen-bond donors (Lipinski definition) is 2. The Morgan fingerprint density at radius 1 is 1.06 bits per heavy atom. The summed E-state index contributed by atoms with van der Waals surface area (Å²) in [5.74, 6) is 1.96. The van der Waals surface area contributed by atoms with Crippen molar-refractivity contribution < 1.29 is 19.0 Å². The van der Waals surface area contributed by atoms with E-state index in [1.165, 1.54) is 0 Å². The Labute approximate surface area is 204 Å². The maximum Gasteiger partial charge on any atom is 0.322 e. The van der Waals surface area contributed by atoms with Gasteiger partial charge in [0.05, 0.1) is 19.2 Å². The summed E-state index contributed by atoms with van der Waals surface area (Å²) >= 11 is 0. The van der Waals surface area contributed by atoms with E-state index in [4.69, 9.17) is 14.2 Å². The highest BCUT2D eigenvalue weighted by atomic mass is 16.7. The number of anilines is 1. The van der Waals surface area contributed by atoms with E-state index in [1.54, 1.807) is 42.3 Å². The molecule has 0 atom stereocenters. The Balaban J connectivity index is 1.55. The zero-order valence-electron chi connectivity index (χ0n) is 20.4. The lowest BCUT2D eigenvalue weighted by Gasteiger charge is -2.25. The van der Waals surface area contributed by atoms with Gasteiger partial charge in [-0.3, -0.25) is 4.79 Å². The third kappa shape index (κ3) is 5.86. The van der Waals surface area contributed by atoms with Gasteiger partial charge in [0.1, 0.15) is 5.75 Å². The zero-order chi connectivity index (χ0) is 24.8. The fraction of sp³-hybridized carbons (Fsp3) is 0.385. The van der Waals surface area contributed by atoms with Crippen molar-refractivity contribution in [2.45, 2.75) is 26.8 Å². The second-order valence-corrected chi connectivity index (χ2v) is 8.38. The zero-order valence-corrected chi connectivity index (χ0v) is 20.4. The van der Waals surface area contributed by atoms with Crippen molar-refractivity contribution in [3.8, 4) is 17.2 Å². The lowest BCUT2D eigenvalue weighted by Crippen LogP contribution is -2.38. The molecule has 0 saturated heterocycles. The van der Waals surface area contributed by atoms with Crippen LogP contribution < -0.4 is 25.1 Å². The fourth-order valence-electron chi connectivity index (χ4n) is 4.12. The molecule has 35 heavy (non-hydrogen) atoms. The standard InChI is InChI=1S/C26H32N4O5/c1-4-29(5-2)11-6-12-30(26(32)27-20-7-9-21(33-3)10-8-20)16-19-13-18-14-23-24(35-17-34-23)15-22(18)28-25(19)31/h7-10,13-15H,4-6,11-12,16-17H2,1-3H3,(H,27,32)(H,28,31). The largest absolute Gasteiger partial charge is 0.497 e. The minimum absolute atomic E-state index is 0.161. The number of carbonyl (C=O) groups is 1. The van der Waals surface area contributed by atoms with Crippen LogP contribution in [0.2, 0.25) is 0 Å². The molecule has 0 aliphatic carbocycles. The van der Waals surface area contributed by atoms with E-state index in [0.717, 1.165) is 31.4 Å². The van der Waals surface area contributed by atoms with E-state index in [2.05, 4.69) is 29.0 Å². The van der Waals surface area contributed by atoms with Crippen LogP contribution in [0.25, 0.3) is 10.9 Å². The molecular formula is C26H32N4O5. The van der Waals surface area contributed by atoms with Gasteiger partial charge in [-0.25, -0.2) is 4.79 Å². The van der Waals surface area contributed by atoms with E-state index in [1.807, 2.05) is 12.1 Å². The average Bonchev–Trinajstić information content (AvgIpc) is 3.32. The third-order valence-corrected chi connectivity index (χ3v) is 6.20.